The van der Waals surface area contributed by atoms with E-state index >= 15 is 0 Å². The topological polar surface area (TPSA) is 147 Å². The number of ether oxygens (including phenoxy) is 1. The molecule has 1 amide bonds. The number of piperazine rings is 1. The summed E-state index contributed by atoms with van der Waals surface area (Å²) >= 11 is 0. The Kier molecular flexibility index (Phi) is 6.22. The number of benzene rings is 1. The molecule has 1 saturated heterocycles. The minimum Gasteiger partial charge on any atom is -0.494 e. The molecule has 4 N–H and O–H groups in total. The maximum Gasteiger partial charge on any atom is 0.273 e. The average Bonchev–Trinajstić information content (AvgIpc) is 3.39. The molecule has 4 aromatic rings. The third-order valence-electron chi connectivity index (χ3n) is 5.94. The molecule has 1 fully saturated rings. The van der Waals surface area contributed by atoms with Gasteiger partial charge in [0.1, 0.15) is 12.1 Å². The molecule has 5 rings (SSSR count). The van der Waals surface area contributed by atoms with Crippen LogP contribution in [0.15, 0.2) is 48.9 Å². The second-order valence-corrected chi connectivity index (χ2v) is 8.46. The quantitative estimate of drug-likeness (QED) is 0.271. The van der Waals surface area contributed by atoms with E-state index in [9.17, 15) is 4.79 Å². The fourth-order valence-corrected chi connectivity index (χ4v) is 4.12. The molecule has 0 saturated carbocycles. The van der Waals surface area contributed by atoms with E-state index in [2.05, 4.69) is 46.1 Å². The molecule has 13 nitrogen and oxygen atoms in total. The van der Waals surface area contributed by atoms with E-state index in [1.54, 1.807) is 48.5 Å². The Balaban J connectivity index is 1.46. The minimum absolute atomic E-state index is 0.186. The molecule has 38 heavy (non-hydrogen) atoms. The highest BCUT2D eigenvalue weighted by Crippen LogP contribution is 2.37. The zero-order valence-corrected chi connectivity index (χ0v) is 20.9. The van der Waals surface area contributed by atoms with Crippen molar-refractivity contribution in [2.24, 2.45) is 7.05 Å². The molecule has 0 spiro atoms. The molecule has 1 aliphatic heterocycles. The van der Waals surface area contributed by atoms with Gasteiger partial charge in [0, 0.05) is 50.4 Å². The number of rotatable bonds is 8. The van der Waals surface area contributed by atoms with Gasteiger partial charge in [0.25, 0.3) is 5.91 Å². The van der Waals surface area contributed by atoms with Gasteiger partial charge in [-0.1, -0.05) is 6.07 Å². The van der Waals surface area contributed by atoms with Crippen molar-refractivity contribution >= 4 is 34.6 Å². The van der Waals surface area contributed by atoms with Crippen LogP contribution in [0, 0.1) is 0 Å². The number of carbonyl (C=O) groups is 1. The van der Waals surface area contributed by atoms with E-state index in [1.165, 1.54) is 7.11 Å². The molecule has 0 aliphatic carbocycles. The van der Waals surface area contributed by atoms with Gasteiger partial charge in [0.2, 0.25) is 0 Å². The number of nitrogens with zero attached hydrogens (tertiary/aromatic N) is 7. The lowest BCUT2D eigenvalue weighted by atomic mass is 10.1. The first kappa shape index (κ1) is 21.3. The standard InChI is InChI=1S/C25H29N11O2/c1-26-25(37)22-19(30-18-6-4-5-17(23(18)38-3)24-29-15-35(2)34-24)13-21(32-33-22)31-20-8-7-16(14-28-20)36-11-9-27-10-12-36/h4-8,13-15,27H,9-12H2,1-3H3,(H,26,37)(H2,28,30,31,32)/i1D3. The van der Waals surface area contributed by atoms with E-state index in [0.29, 0.717) is 28.6 Å². The first-order valence-electron chi connectivity index (χ1n) is 13.4. The molecule has 0 radical (unpaired) electrons. The molecule has 1 aliphatic rings. The fourth-order valence-electron chi connectivity index (χ4n) is 4.12. The summed E-state index contributed by atoms with van der Waals surface area (Å²) in [6.07, 6.45) is 3.35. The number of aryl methyl sites for hydroxylation is 1. The van der Waals surface area contributed by atoms with Crippen LogP contribution in [-0.4, -0.2) is 76.1 Å². The number of amides is 1. The molecule has 3 aromatic heterocycles. The summed E-state index contributed by atoms with van der Waals surface area (Å²) in [4.78, 5) is 23.9. The first-order chi connectivity index (χ1) is 19.7. The summed E-state index contributed by atoms with van der Waals surface area (Å²) in [5.41, 5.74) is 2.05. The smallest absolute Gasteiger partial charge is 0.273 e. The lowest BCUT2D eigenvalue weighted by Gasteiger charge is -2.29. The van der Waals surface area contributed by atoms with Gasteiger partial charge in [0.15, 0.2) is 23.1 Å². The second-order valence-electron chi connectivity index (χ2n) is 8.46. The van der Waals surface area contributed by atoms with Crippen LogP contribution < -0.4 is 30.9 Å². The normalized spacial score (nSPS) is 14.7. The highest BCUT2D eigenvalue weighted by molar-refractivity contribution is 5.99. The third-order valence-corrected chi connectivity index (χ3v) is 5.94. The van der Waals surface area contributed by atoms with Crippen LogP contribution in [0.2, 0.25) is 0 Å². The van der Waals surface area contributed by atoms with E-state index in [-0.39, 0.29) is 17.2 Å². The fraction of sp³-hybridized carbons (Fsp3) is 0.280. The monoisotopic (exact) mass is 518 g/mol. The van der Waals surface area contributed by atoms with Gasteiger partial charge >= 0.3 is 0 Å². The summed E-state index contributed by atoms with van der Waals surface area (Å²) < 4.78 is 29.6. The molecule has 13 heteroatoms. The molecular weight excluding hydrogens is 486 g/mol. The van der Waals surface area contributed by atoms with Crippen molar-refractivity contribution in [3.63, 3.8) is 0 Å². The van der Waals surface area contributed by atoms with Crippen LogP contribution in [0.5, 0.6) is 5.75 Å². The number of methoxy groups -OCH3 is 1. The summed E-state index contributed by atoms with van der Waals surface area (Å²) in [6.45, 7) is 0.912. The van der Waals surface area contributed by atoms with Crippen LogP contribution in [0.3, 0.4) is 0 Å². The minimum atomic E-state index is -2.72. The number of hydrogen-bond donors (Lipinski definition) is 4. The SMILES string of the molecule is [2H]C([2H])([2H])NC(=O)c1nnc(Nc2ccc(N3CCNCC3)cn2)cc1Nc1cccc(-c2ncn(C)n2)c1OC. The molecule has 1 aromatic carbocycles. The number of carbonyl (C=O) groups excluding carboxylic acids is 1. The number of para-hydroxylation sites is 1. The zero-order chi connectivity index (χ0) is 29.0. The summed E-state index contributed by atoms with van der Waals surface area (Å²) in [5.74, 6) is 0.731. The van der Waals surface area contributed by atoms with Crippen molar-refractivity contribution in [2.45, 2.75) is 0 Å². The van der Waals surface area contributed by atoms with Gasteiger partial charge in [-0.2, -0.15) is 5.10 Å². The average molecular weight is 519 g/mol. The molecular formula is C25H29N11O2. The summed E-state index contributed by atoms with van der Waals surface area (Å²) in [7, 11) is 3.26. The van der Waals surface area contributed by atoms with Gasteiger partial charge in [-0.15, -0.1) is 10.2 Å². The number of aromatic nitrogens is 6. The maximum absolute atomic E-state index is 12.9. The summed E-state index contributed by atoms with van der Waals surface area (Å²) in [5, 5.41) is 24.0. The Bertz CT molecular complexity index is 1520. The molecule has 196 valence electrons. The first-order valence-corrected chi connectivity index (χ1v) is 11.9. The van der Waals surface area contributed by atoms with E-state index in [0.717, 1.165) is 31.9 Å². The Morgan fingerprint density at radius 3 is 2.66 bits per heavy atom. The number of anilines is 5. The predicted molar refractivity (Wildman–Crippen MR) is 144 cm³/mol. The zero-order valence-electron chi connectivity index (χ0n) is 23.9. The van der Waals surface area contributed by atoms with Crippen molar-refractivity contribution in [1.29, 1.82) is 0 Å². The summed E-state index contributed by atoms with van der Waals surface area (Å²) in [6, 6.07) is 10.6. The second kappa shape index (κ2) is 11.1. The van der Waals surface area contributed by atoms with E-state index in [4.69, 9.17) is 8.85 Å². The number of nitrogens with one attached hydrogen (secondary N) is 4. The number of hydrogen-bond acceptors (Lipinski definition) is 11. The van der Waals surface area contributed by atoms with Gasteiger partial charge in [-0.25, -0.2) is 9.97 Å². The molecule has 4 heterocycles. The Morgan fingerprint density at radius 2 is 1.95 bits per heavy atom. The number of pyridine rings is 1. The van der Waals surface area contributed by atoms with Crippen molar-refractivity contribution in [3.8, 4) is 17.1 Å². The van der Waals surface area contributed by atoms with Crippen molar-refractivity contribution < 1.29 is 13.6 Å². The lowest BCUT2D eigenvalue weighted by molar-refractivity contribution is 0.0958. The van der Waals surface area contributed by atoms with Crippen molar-refractivity contribution in [1.82, 2.24) is 40.6 Å². The maximum atomic E-state index is 12.9. The Hall–Kier alpha value is -4.78. The van der Waals surface area contributed by atoms with Crippen molar-refractivity contribution in [2.75, 3.05) is 55.8 Å². The largest absolute Gasteiger partial charge is 0.494 e. The van der Waals surface area contributed by atoms with Crippen LogP contribution >= 0.6 is 0 Å². The van der Waals surface area contributed by atoms with Crippen molar-refractivity contribution in [3.05, 3.63) is 54.6 Å². The lowest BCUT2D eigenvalue weighted by Crippen LogP contribution is -2.43. The van der Waals surface area contributed by atoms with Gasteiger partial charge in [-0.05, 0) is 24.3 Å². The highest BCUT2D eigenvalue weighted by atomic mass is 16.5. The molecule has 0 atom stereocenters. The molecule has 0 unspecified atom stereocenters. The van der Waals surface area contributed by atoms with Crippen LogP contribution in [0.4, 0.5) is 28.7 Å². The van der Waals surface area contributed by atoms with E-state index in [1.807, 2.05) is 17.4 Å². The third kappa shape index (κ3) is 5.32. The van der Waals surface area contributed by atoms with Gasteiger partial charge in [0.05, 0.1) is 35.9 Å². The van der Waals surface area contributed by atoms with Gasteiger partial charge < -0.3 is 30.9 Å². The van der Waals surface area contributed by atoms with Gasteiger partial charge in [-0.3, -0.25) is 9.48 Å². The van der Waals surface area contributed by atoms with Crippen LogP contribution in [0.25, 0.3) is 11.4 Å². The highest BCUT2D eigenvalue weighted by Gasteiger charge is 2.19. The van der Waals surface area contributed by atoms with Crippen LogP contribution in [-0.2, 0) is 7.05 Å². The molecule has 0 bridgehead atoms. The van der Waals surface area contributed by atoms with Crippen LogP contribution in [0.1, 0.15) is 14.6 Å². The van der Waals surface area contributed by atoms with E-state index < -0.39 is 12.9 Å². The predicted octanol–water partition coefficient (Wildman–Crippen LogP) is 1.93. The Morgan fingerprint density at radius 1 is 1.08 bits per heavy atom. The Labute approximate surface area is 223 Å².